The van der Waals surface area contributed by atoms with Gasteiger partial charge >= 0.3 is 0 Å². The third kappa shape index (κ3) is 7.47. The molecule has 0 saturated carbocycles. The summed E-state index contributed by atoms with van der Waals surface area (Å²) < 4.78 is 14.6. The van der Waals surface area contributed by atoms with E-state index >= 15 is 0 Å². The molecule has 0 N–H and O–H groups in total. The van der Waals surface area contributed by atoms with Gasteiger partial charge in [0.15, 0.2) is 11.5 Å². The zero-order valence-electron chi connectivity index (χ0n) is 18.8. The monoisotopic (exact) mass is 964 g/mol. The van der Waals surface area contributed by atoms with Crippen LogP contribution in [0.4, 0.5) is 0 Å². The van der Waals surface area contributed by atoms with E-state index < -0.39 is 6.84 Å². The summed E-state index contributed by atoms with van der Waals surface area (Å²) in [5.41, 5.74) is 1.94. The first kappa shape index (κ1) is 31.1. The average Bonchev–Trinajstić information content (AvgIpc) is 2.66. The molecule has 33 heavy (non-hydrogen) atoms. The van der Waals surface area contributed by atoms with Crippen molar-refractivity contribution in [3.05, 3.63) is 53.3 Å². The number of halogens is 8. The van der Waals surface area contributed by atoms with Crippen molar-refractivity contribution in [1.82, 2.24) is 0 Å². The Hall–Kier alpha value is 1.88. The minimum Gasteiger partial charge on any atom is -0.463 e. The lowest BCUT2D eigenvalue weighted by atomic mass is 9.78. The van der Waals surface area contributed by atoms with Crippen LogP contribution < -0.4 is 9.47 Å². The summed E-state index contributed by atoms with van der Waals surface area (Å²) in [4.78, 5) is 0. The first-order valence-corrected chi connectivity index (χ1v) is 16.4. The molecule has 0 spiro atoms. The Balaban J connectivity index is 2.48. The highest BCUT2D eigenvalue weighted by atomic mass is 79.9. The van der Waals surface area contributed by atoms with Gasteiger partial charge in [-0.25, -0.2) is 0 Å². The largest absolute Gasteiger partial charge is 0.463 e. The van der Waals surface area contributed by atoms with Gasteiger partial charge in [-0.3, -0.25) is 0 Å². The van der Waals surface area contributed by atoms with E-state index in [2.05, 4.69) is 193 Å². The molecule has 0 fully saturated rings. The molecule has 0 amide bonds. The van der Waals surface area contributed by atoms with Crippen LogP contribution in [-0.2, 0) is 5.41 Å². The van der Waals surface area contributed by atoms with E-state index in [1.54, 1.807) is 0 Å². The van der Waals surface area contributed by atoms with Crippen LogP contribution in [0.2, 0.25) is 0 Å². The van der Waals surface area contributed by atoms with E-state index in [0.717, 1.165) is 40.5 Å². The molecule has 2 rings (SSSR count). The average molecular weight is 972 g/mol. The summed E-state index contributed by atoms with van der Waals surface area (Å²) in [6.45, 7) is 12.7. The van der Waals surface area contributed by atoms with Gasteiger partial charge in [0, 0.05) is 17.3 Å². The second-order valence-corrected chi connectivity index (χ2v) is 19.1. The molecule has 0 saturated heterocycles. The maximum Gasteiger partial charge on any atom is 0.220 e. The minimum atomic E-state index is -0.663. The molecule has 0 bridgehead atoms. The highest BCUT2D eigenvalue weighted by molar-refractivity contribution is 9.25. The van der Waals surface area contributed by atoms with E-state index in [4.69, 9.17) is 9.47 Å². The van der Waals surface area contributed by atoms with Crippen molar-refractivity contribution >= 4 is 127 Å². The zero-order valence-corrected chi connectivity index (χ0v) is 31.5. The fourth-order valence-corrected chi connectivity index (χ4v) is 6.06. The number of benzene rings is 2. The van der Waals surface area contributed by atoms with Gasteiger partial charge in [0.2, 0.25) is 6.84 Å². The molecule has 10 heteroatoms. The van der Waals surface area contributed by atoms with Crippen molar-refractivity contribution in [3.8, 4) is 11.5 Å². The molecule has 0 radical (unpaired) electrons. The second kappa shape index (κ2) is 11.7. The number of alkyl halides is 4. The van der Waals surface area contributed by atoms with Gasteiger partial charge in [-0.1, -0.05) is 41.5 Å². The van der Waals surface area contributed by atoms with Gasteiger partial charge in [-0.05, 0) is 163 Å². The summed E-state index contributed by atoms with van der Waals surface area (Å²) in [5.74, 6) is 1.86. The summed E-state index contributed by atoms with van der Waals surface area (Å²) in [6.07, 6.45) is 0. The second-order valence-electron chi connectivity index (χ2n) is 8.80. The Morgan fingerprint density at radius 3 is 1.03 bits per heavy atom. The molecule has 2 nitrogen and oxygen atoms in total. The predicted octanol–water partition coefficient (Wildman–Crippen LogP) is 12.0. The molecule has 2 aromatic carbocycles. The molecule has 0 heterocycles. The first-order chi connectivity index (χ1) is 14.9. The van der Waals surface area contributed by atoms with Gasteiger partial charge < -0.3 is 9.47 Å². The van der Waals surface area contributed by atoms with Crippen LogP contribution in [0, 0.1) is 11.8 Å². The third-order valence-electron chi connectivity index (χ3n) is 5.26. The summed E-state index contributed by atoms with van der Waals surface area (Å²) in [7, 11) is 0. The van der Waals surface area contributed by atoms with Crippen molar-refractivity contribution in [3.63, 3.8) is 0 Å². The smallest absolute Gasteiger partial charge is 0.220 e. The molecule has 0 unspecified atom stereocenters. The van der Waals surface area contributed by atoms with E-state index in [1.165, 1.54) is 0 Å². The highest BCUT2D eigenvalue weighted by Gasteiger charge is 2.34. The van der Waals surface area contributed by atoms with E-state index in [0.29, 0.717) is 0 Å². The lowest BCUT2D eigenvalue weighted by molar-refractivity contribution is 0.215. The molecular formula is C23H24Br8O2. The maximum absolute atomic E-state index is 6.22. The number of hydrogen-bond donors (Lipinski definition) is 0. The molecule has 0 aliphatic rings. The van der Waals surface area contributed by atoms with E-state index in [9.17, 15) is 0 Å². The van der Waals surface area contributed by atoms with Crippen molar-refractivity contribution in [1.29, 1.82) is 0 Å². The molecule has 0 aliphatic carbocycles. The van der Waals surface area contributed by atoms with Crippen molar-refractivity contribution in [2.75, 3.05) is 0 Å². The summed E-state index contributed by atoms with van der Waals surface area (Å²) >= 11 is 29.3. The fourth-order valence-electron chi connectivity index (χ4n) is 2.71. The van der Waals surface area contributed by atoms with Crippen LogP contribution in [0.5, 0.6) is 11.5 Å². The molecule has 0 aliphatic heterocycles. The van der Waals surface area contributed by atoms with Crippen molar-refractivity contribution < 1.29 is 9.47 Å². The van der Waals surface area contributed by atoms with Crippen LogP contribution in [0.25, 0.3) is 0 Å². The number of ether oxygens (including phenoxy) is 2. The summed E-state index contributed by atoms with van der Waals surface area (Å²) in [5, 5.41) is 0. The van der Waals surface area contributed by atoms with Gasteiger partial charge in [0.25, 0.3) is 0 Å². The Morgan fingerprint density at radius 2 is 0.818 bits per heavy atom. The maximum atomic E-state index is 6.22. The minimum absolute atomic E-state index is 0.205. The Labute approximate surface area is 264 Å². The Kier molecular flexibility index (Phi) is 11.1. The SMILES string of the molecule is CC(C)C(Br)(Br)Oc1c(Br)cc(C(C)(C)c2cc(Br)c(OC(Br)(Br)C(C)C)c(Br)c2)cc1Br. The predicted molar refractivity (Wildman–Crippen MR) is 168 cm³/mol. The zero-order chi connectivity index (χ0) is 25.5. The van der Waals surface area contributed by atoms with Gasteiger partial charge in [0.1, 0.15) is 0 Å². The van der Waals surface area contributed by atoms with E-state index in [-0.39, 0.29) is 17.3 Å². The first-order valence-electron chi connectivity index (χ1n) is 10.0. The van der Waals surface area contributed by atoms with Crippen molar-refractivity contribution in [2.24, 2.45) is 11.8 Å². The number of rotatable bonds is 8. The fraction of sp³-hybridized carbons (Fsp3) is 0.478. The number of hydrogen-bond acceptors (Lipinski definition) is 2. The topological polar surface area (TPSA) is 18.5 Å². The molecule has 0 atom stereocenters. The van der Waals surface area contributed by atoms with Crippen LogP contribution in [0.15, 0.2) is 42.2 Å². The lowest BCUT2D eigenvalue weighted by Gasteiger charge is -2.31. The van der Waals surface area contributed by atoms with Crippen LogP contribution >= 0.6 is 127 Å². The Morgan fingerprint density at radius 1 is 0.576 bits per heavy atom. The van der Waals surface area contributed by atoms with Gasteiger partial charge in [-0.2, -0.15) is 0 Å². The molecule has 0 aromatic heterocycles. The van der Waals surface area contributed by atoms with Crippen molar-refractivity contribution in [2.45, 2.75) is 53.8 Å². The highest BCUT2D eigenvalue weighted by Crippen LogP contribution is 2.48. The van der Waals surface area contributed by atoms with Gasteiger partial charge in [-0.15, -0.1) is 0 Å². The quantitative estimate of drug-likeness (QED) is 0.246. The van der Waals surface area contributed by atoms with Crippen LogP contribution in [0.1, 0.15) is 52.7 Å². The molecule has 2 aromatic rings. The Bertz CT molecular complexity index is 890. The standard InChI is InChI=1S/C23H24Br8O2/c1-11(2)22(28,29)32-19-15(24)7-13(8-16(19)25)21(5,6)14-9-17(26)20(18(27)10-14)33-23(30,31)12(3)4/h7-12H,1-6H3. The normalized spacial score (nSPS) is 13.1. The van der Waals surface area contributed by atoms with Gasteiger partial charge in [0.05, 0.1) is 17.9 Å². The van der Waals surface area contributed by atoms with Crippen LogP contribution in [0.3, 0.4) is 0 Å². The lowest BCUT2D eigenvalue weighted by Crippen LogP contribution is -2.28. The third-order valence-corrected chi connectivity index (χ3v) is 11.9. The van der Waals surface area contributed by atoms with E-state index in [1.807, 2.05) is 0 Å². The summed E-state index contributed by atoms with van der Waals surface area (Å²) in [6, 6.07) is 8.40. The van der Waals surface area contributed by atoms with Crippen LogP contribution in [-0.4, -0.2) is 6.84 Å². The molecular weight excluding hydrogens is 947 g/mol. The molecule has 184 valence electrons.